The number of amides is 1. The van der Waals surface area contributed by atoms with E-state index in [1.165, 1.54) is 16.2 Å². The third kappa shape index (κ3) is 3.03. The molecule has 0 bridgehead atoms. The molecule has 0 radical (unpaired) electrons. The molecule has 3 aromatic rings. The van der Waals surface area contributed by atoms with E-state index in [9.17, 15) is 9.59 Å². The molecule has 1 aromatic carbocycles. The molecule has 0 fully saturated rings. The average molecular weight is 390 g/mol. The van der Waals surface area contributed by atoms with Crippen molar-refractivity contribution in [3.05, 3.63) is 46.1 Å². The maximum absolute atomic E-state index is 12.4. The molecule has 7 nitrogen and oxygen atoms in total. The van der Waals surface area contributed by atoms with E-state index in [0.717, 1.165) is 4.83 Å². The summed E-state index contributed by atoms with van der Waals surface area (Å²) in [6.07, 6.45) is 1.55. The van der Waals surface area contributed by atoms with Crippen LogP contribution in [0.2, 0.25) is 5.02 Å². The molecule has 1 aliphatic rings. The second kappa shape index (κ2) is 6.64. The molecule has 0 atom stereocenters. The van der Waals surface area contributed by atoms with E-state index in [4.69, 9.17) is 21.4 Å². The first-order valence-corrected chi connectivity index (χ1v) is 8.87. The Bertz CT molecular complexity index is 1040. The van der Waals surface area contributed by atoms with Crippen molar-refractivity contribution in [3.63, 3.8) is 0 Å². The number of pyridine rings is 1. The number of thiazole rings is 1. The number of benzene rings is 1. The van der Waals surface area contributed by atoms with E-state index < -0.39 is 12.4 Å². The first-order chi connectivity index (χ1) is 12.5. The molecule has 132 valence electrons. The summed E-state index contributed by atoms with van der Waals surface area (Å²) in [6.45, 7) is -0.461. The highest BCUT2D eigenvalue weighted by molar-refractivity contribution is 7.18. The fourth-order valence-corrected chi connectivity index (χ4v) is 3.71. The van der Waals surface area contributed by atoms with Crippen LogP contribution in [0, 0.1) is 0 Å². The van der Waals surface area contributed by atoms with Gasteiger partial charge in [0.25, 0.3) is 5.91 Å². The van der Waals surface area contributed by atoms with Crippen molar-refractivity contribution >= 4 is 50.7 Å². The standard InChI is InChI=1S/C17H12ClN3O4S/c18-10-4-11-17(19-5-10)26-15(20-11)6-21-12-3-9(13(23)7-22)1-2-14(12)25-8-16(21)24/h1-5,22H,6-8H2. The number of anilines is 1. The lowest BCUT2D eigenvalue weighted by molar-refractivity contribution is -0.121. The van der Waals surface area contributed by atoms with Gasteiger partial charge >= 0.3 is 0 Å². The van der Waals surface area contributed by atoms with Gasteiger partial charge in [-0.1, -0.05) is 22.9 Å². The van der Waals surface area contributed by atoms with Gasteiger partial charge in [-0.3, -0.25) is 14.5 Å². The van der Waals surface area contributed by atoms with Crippen molar-refractivity contribution in [2.75, 3.05) is 18.1 Å². The highest BCUT2D eigenvalue weighted by atomic mass is 35.5. The molecule has 0 saturated heterocycles. The van der Waals surface area contributed by atoms with E-state index in [1.807, 2.05) is 0 Å². The molecule has 3 heterocycles. The number of halogens is 1. The molecule has 26 heavy (non-hydrogen) atoms. The first kappa shape index (κ1) is 16.9. The zero-order valence-corrected chi connectivity index (χ0v) is 14.9. The number of hydrogen-bond donors (Lipinski definition) is 1. The molecule has 9 heteroatoms. The molecule has 1 amide bonds. The van der Waals surface area contributed by atoms with E-state index in [0.29, 0.717) is 32.5 Å². The Hall–Kier alpha value is -2.55. The number of Topliss-reactive ketones (excluding diaryl/α,β-unsaturated/α-hetero) is 1. The lowest BCUT2D eigenvalue weighted by Crippen LogP contribution is -2.38. The van der Waals surface area contributed by atoms with Gasteiger partial charge < -0.3 is 9.84 Å². The minimum atomic E-state index is -0.599. The van der Waals surface area contributed by atoms with Crippen molar-refractivity contribution in [2.45, 2.75) is 6.54 Å². The minimum Gasteiger partial charge on any atom is -0.482 e. The number of ketones is 1. The number of hydrogen-bond acceptors (Lipinski definition) is 7. The maximum atomic E-state index is 12.4. The molecular weight excluding hydrogens is 378 g/mol. The summed E-state index contributed by atoms with van der Waals surface area (Å²) in [5.74, 6) is -0.165. The molecule has 1 N–H and O–H groups in total. The lowest BCUT2D eigenvalue weighted by atomic mass is 10.1. The van der Waals surface area contributed by atoms with Crippen LogP contribution in [0.4, 0.5) is 5.69 Å². The Morgan fingerprint density at radius 1 is 1.38 bits per heavy atom. The van der Waals surface area contributed by atoms with Crippen LogP contribution in [0.25, 0.3) is 10.3 Å². The fourth-order valence-electron chi connectivity index (χ4n) is 2.69. The molecule has 0 saturated carbocycles. The van der Waals surface area contributed by atoms with E-state index in [-0.39, 0.29) is 19.1 Å². The largest absolute Gasteiger partial charge is 0.482 e. The number of aliphatic hydroxyl groups is 1. The third-order valence-corrected chi connectivity index (χ3v) is 5.09. The summed E-state index contributed by atoms with van der Waals surface area (Å²) in [5, 5.41) is 10.2. The van der Waals surface area contributed by atoms with Gasteiger partial charge in [0.2, 0.25) is 0 Å². The smallest absolute Gasteiger partial charge is 0.265 e. The summed E-state index contributed by atoms with van der Waals surface area (Å²) < 4.78 is 5.43. The van der Waals surface area contributed by atoms with Gasteiger partial charge in [-0.2, -0.15) is 0 Å². The molecule has 0 unspecified atom stereocenters. The number of nitrogens with zero attached hydrogens (tertiary/aromatic N) is 3. The van der Waals surface area contributed by atoms with E-state index in [1.54, 1.807) is 30.5 Å². The van der Waals surface area contributed by atoms with Gasteiger partial charge in [0.15, 0.2) is 12.4 Å². The highest BCUT2D eigenvalue weighted by Crippen LogP contribution is 2.35. The minimum absolute atomic E-state index is 0.0880. The lowest BCUT2D eigenvalue weighted by Gasteiger charge is -2.29. The van der Waals surface area contributed by atoms with Crippen LogP contribution >= 0.6 is 22.9 Å². The number of ether oxygens (including phenoxy) is 1. The van der Waals surface area contributed by atoms with Crippen LogP contribution in [0.15, 0.2) is 30.5 Å². The number of rotatable bonds is 4. The summed E-state index contributed by atoms with van der Waals surface area (Å²) in [7, 11) is 0. The highest BCUT2D eigenvalue weighted by Gasteiger charge is 2.27. The first-order valence-electron chi connectivity index (χ1n) is 7.67. The Kier molecular flexibility index (Phi) is 4.31. The van der Waals surface area contributed by atoms with E-state index in [2.05, 4.69) is 9.97 Å². The topological polar surface area (TPSA) is 92.6 Å². The number of aromatic nitrogens is 2. The SMILES string of the molecule is O=C(CO)c1ccc2c(c1)N(Cc1nc3cc(Cl)cnc3s1)C(=O)CO2. The predicted octanol–water partition coefficient (Wildman–Crippen LogP) is 2.45. The Labute approximate surface area is 156 Å². The van der Waals surface area contributed by atoms with Crippen LogP contribution in [0.1, 0.15) is 15.4 Å². The van der Waals surface area contributed by atoms with Crippen LogP contribution in [0.3, 0.4) is 0 Å². The van der Waals surface area contributed by atoms with Gasteiger partial charge in [-0.15, -0.1) is 0 Å². The monoisotopic (exact) mass is 389 g/mol. The molecular formula is C17H12ClN3O4S. The van der Waals surface area contributed by atoms with Crippen LogP contribution in [-0.2, 0) is 11.3 Å². The van der Waals surface area contributed by atoms with Gasteiger partial charge in [-0.05, 0) is 24.3 Å². The predicted molar refractivity (Wildman–Crippen MR) is 97.0 cm³/mol. The normalized spacial score (nSPS) is 13.6. The Morgan fingerprint density at radius 2 is 2.23 bits per heavy atom. The van der Waals surface area contributed by atoms with Gasteiger partial charge in [0, 0.05) is 11.8 Å². The van der Waals surface area contributed by atoms with Crippen LogP contribution in [-0.4, -0.2) is 40.0 Å². The number of carbonyl (C=O) groups is 2. The zero-order valence-electron chi connectivity index (χ0n) is 13.3. The van der Waals surface area contributed by atoms with Crippen molar-refractivity contribution in [1.29, 1.82) is 0 Å². The van der Waals surface area contributed by atoms with E-state index >= 15 is 0 Å². The van der Waals surface area contributed by atoms with Crippen molar-refractivity contribution in [1.82, 2.24) is 9.97 Å². The fraction of sp³-hybridized carbons (Fsp3) is 0.176. The maximum Gasteiger partial charge on any atom is 0.265 e. The Balaban J connectivity index is 1.71. The summed E-state index contributed by atoms with van der Waals surface area (Å²) in [4.78, 5) is 35.1. The summed E-state index contributed by atoms with van der Waals surface area (Å²) >= 11 is 7.31. The summed E-state index contributed by atoms with van der Waals surface area (Å²) in [6, 6.07) is 6.46. The molecule has 0 aliphatic carbocycles. The molecule has 2 aromatic heterocycles. The average Bonchev–Trinajstić information content (AvgIpc) is 3.04. The molecule has 0 spiro atoms. The number of aliphatic hydroxyl groups excluding tert-OH is 1. The number of carbonyl (C=O) groups excluding carboxylic acids is 2. The Morgan fingerprint density at radius 3 is 3.04 bits per heavy atom. The van der Waals surface area contributed by atoms with Crippen LogP contribution in [0.5, 0.6) is 5.75 Å². The quantitative estimate of drug-likeness (QED) is 0.689. The zero-order chi connectivity index (χ0) is 18.3. The molecule has 4 rings (SSSR count). The van der Waals surface area contributed by atoms with Crippen LogP contribution < -0.4 is 9.64 Å². The van der Waals surface area contributed by atoms with Gasteiger partial charge in [0.1, 0.15) is 27.7 Å². The third-order valence-electron chi connectivity index (χ3n) is 3.92. The second-order valence-electron chi connectivity index (χ2n) is 5.62. The summed E-state index contributed by atoms with van der Waals surface area (Å²) in [5.41, 5.74) is 1.46. The van der Waals surface area contributed by atoms with Crippen molar-refractivity contribution < 1.29 is 19.4 Å². The van der Waals surface area contributed by atoms with Gasteiger partial charge in [-0.25, -0.2) is 9.97 Å². The second-order valence-corrected chi connectivity index (χ2v) is 7.12. The van der Waals surface area contributed by atoms with Gasteiger partial charge in [0.05, 0.1) is 17.3 Å². The van der Waals surface area contributed by atoms with Crippen molar-refractivity contribution in [3.8, 4) is 5.75 Å². The molecule has 1 aliphatic heterocycles. The van der Waals surface area contributed by atoms with Crippen molar-refractivity contribution in [2.24, 2.45) is 0 Å². The number of fused-ring (bicyclic) bond motifs is 2.